The summed E-state index contributed by atoms with van der Waals surface area (Å²) in [4.78, 5) is 26.6. The van der Waals surface area contributed by atoms with E-state index in [-0.39, 0.29) is 23.9 Å². The van der Waals surface area contributed by atoms with Crippen molar-refractivity contribution in [3.8, 4) is 5.75 Å². The predicted octanol–water partition coefficient (Wildman–Crippen LogP) is 3.88. The molecule has 0 spiro atoms. The number of allylic oxidation sites excluding steroid dienone is 2. The van der Waals surface area contributed by atoms with Crippen molar-refractivity contribution in [2.45, 2.75) is 51.6 Å². The minimum Gasteiger partial charge on any atom is -0.496 e. The summed E-state index contributed by atoms with van der Waals surface area (Å²) in [7, 11) is 1.60. The van der Waals surface area contributed by atoms with Gasteiger partial charge in [-0.1, -0.05) is 38.6 Å². The number of para-hydroxylation sites is 1. The lowest BCUT2D eigenvalue weighted by molar-refractivity contribution is -0.151. The van der Waals surface area contributed by atoms with Crippen LogP contribution in [0.3, 0.4) is 0 Å². The summed E-state index contributed by atoms with van der Waals surface area (Å²) in [6, 6.07) is 7.55. The van der Waals surface area contributed by atoms with Crippen molar-refractivity contribution in [3.05, 3.63) is 53.4 Å². The summed E-state index contributed by atoms with van der Waals surface area (Å²) in [6.07, 6.45) is 2.95. The van der Waals surface area contributed by atoms with Crippen LogP contribution in [0.4, 0.5) is 0 Å². The Kier molecular flexibility index (Phi) is 5.93. The van der Waals surface area contributed by atoms with Gasteiger partial charge < -0.3 is 19.5 Å². The molecule has 0 radical (unpaired) electrons. The molecule has 1 aromatic rings. The highest BCUT2D eigenvalue weighted by Crippen LogP contribution is 2.49. The molecule has 1 fully saturated rings. The smallest absolute Gasteiger partial charge is 0.315 e. The van der Waals surface area contributed by atoms with Crippen molar-refractivity contribution in [2.75, 3.05) is 20.3 Å². The number of methoxy groups -OCH3 is 1. The van der Waals surface area contributed by atoms with Crippen molar-refractivity contribution in [1.82, 2.24) is 5.32 Å². The van der Waals surface area contributed by atoms with Crippen molar-refractivity contribution in [1.29, 1.82) is 0 Å². The van der Waals surface area contributed by atoms with E-state index in [1.807, 2.05) is 24.3 Å². The summed E-state index contributed by atoms with van der Waals surface area (Å²) in [5.41, 5.74) is 2.70. The Morgan fingerprint density at radius 1 is 1.29 bits per heavy atom. The van der Waals surface area contributed by atoms with E-state index >= 15 is 0 Å². The third kappa shape index (κ3) is 4.26. The van der Waals surface area contributed by atoms with Crippen LogP contribution in [-0.2, 0) is 19.1 Å². The number of carbonyl (C=O) groups is 2. The number of carbonyl (C=O) groups excluding carboxylic acids is 2. The van der Waals surface area contributed by atoms with Crippen LogP contribution in [0, 0.1) is 11.3 Å². The maximum atomic E-state index is 13.3. The fraction of sp³-hybridized carbons (Fsp3) is 0.520. The average Bonchev–Trinajstić information content (AvgIpc) is 3.23. The number of nitrogens with one attached hydrogen (secondary N) is 1. The highest BCUT2D eigenvalue weighted by atomic mass is 16.6. The van der Waals surface area contributed by atoms with E-state index in [1.165, 1.54) is 0 Å². The number of rotatable bonds is 5. The van der Waals surface area contributed by atoms with E-state index in [0.29, 0.717) is 30.0 Å². The number of hydrogen-bond acceptors (Lipinski definition) is 6. The number of ether oxygens (including phenoxy) is 3. The largest absolute Gasteiger partial charge is 0.496 e. The van der Waals surface area contributed by atoms with Crippen molar-refractivity contribution in [2.24, 2.45) is 11.3 Å². The Labute approximate surface area is 183 Å². The maximum Gasteiger partial charge on any atom is 0.315 e. The molecule has 31 heavy (non-hydrogen) atoms. The van der Waals surface area contributed by atoms with E-state index < -0.39 is 17.8 Å². The average molecular weight is 426 g/mol. The second-order valence-corrected chi connectivity index (χ2v) is 9.45. The molecule has 0 aromatic heterocycles. The van der Waals surface area contributed by atoms with Gasteiger partial charge in [-0.15, -0.1) is 0 Å². The summed E-state index contributed by atoms with van der Waals surface area (Å²) in [6.45, 7) is 9.24. The lowest BCUT2D eigenvalue weighted by Gasteiger charge is -2.42. The van der Waals surface area contributed by atoms with Crippen molar-refractivity contribution < 1.29 is 23.8 Å². The van der Waals surface area contributed by atoms with Crippen LogP contribution in [0.1, 0.15) is 51.0 Å². The fourth-order valence-corrected chi connectivity index (χ4v) is 5.02. The fourth-order valence-electron chi connectivity index (χ4n) is 5.02. The Morgan fingerprint density at radius 3 is 2.77 bits per heavy atom. The molecule has 166 valence electrons. The molecule has 2 aliphatic heterocycles. The number of hydrogen-bond donors (Lipinski definition) is 1. The molecule has 6 heteroatoms. The zero-order valence-corrected chi connectivity index (χ0v) is 18.5. The summed E-state index contributed by atoms with van der Waals surface area (Å²) in [5.74, 6) is -0.919. The van der Waals surface area contributed by atoms with E-state index in [4.69, 9.17) is 14.2 Å². The van der Waals surface area contributed by atoms with Gasteiger partial charge in [0.15, 0.2) is 5.78 Å². The first-order valence-corrected chi connectivity index (χ1v) is 10.9. The van der Waals surface area contributed by atoms with Crippen LogP contribution in [0.5, 0.6) is 5.75 Å². The van der Waals surface area contributed by atoms with E-state index in [9.17, 15) is 9.59 Å². The van der Waals surface area contributed by atoms with Gasteiger partial charge in [0.1, 0.15) is 18.3 Å². The minimum absolute atomic E-state index is 0.0547. The zero-order valence-electron chi connectivity index (χ0n) is 18.5. The first-order valence-electron chi connectivity index (χ1n) is 10.9. The summed E-state index contributed by atoms with van der Waals surface area (Å²) < 4.78 is 16.9. The molecule has 0 amide bonds. The van der Waals surface area contributed by atoms with Gasteiger partial charge in [-0.25, -0.2) is 0 Å². The molecule has 1 aromatic carbocycles. The Morgan fingerprint density at radius 2 is 2.06 bits per heavy atom. The summed E-state index contributed by atoms with van der Waals surface area (Å²) >= 11 is 0. The molecule has 0 saturated carbocycles. The molecule has 2 heterocycles. The van der Waals surface area contributed by atoms with Crippen molar-refractivity contribution in [3.63, 3.8) is 0 Å². The van der Waals surface area contributed by atoms with Gasteiger partial charge in [0.2, 0.25) is 0 Å². The standard InChI is InChI=1S/C25H31NO5/c1-15-21(24(28)31-14-16-8-7-11-30-16)22(17-9-5-6-10-20(17)29-4)23-18(26-15)12-25(2,3)13-19(23)27/h5-6,9-10,16,21-22,26H,1,7-8,11-14H2,2-4H3. The van der Waals surface area contributed by atoms with Crippen LogP contribution >= 0.6 is 0 Å². The van der Waals surface area contributed by atoms with Gasteiger partial charge in [0.25, 0.3) is 0 Å². The van der Waals surface area contributed by atoms with Gasteiger partial charge in [-0.2, -0.15) is 0 Å². The first kappa shape index (κ1) is 21.6. The molecule has 3 aliphatic rings. The normalized spacial score (nSPS) is 27.5. The Hall–Kier alpha value is -2.60. The van der Waals surface area contributed by atoms with Gasteiger partial charge in [0, 0.05) is 41.5 Å². The predicted molar refractivity (Wildman–Crippen MR) is 116 cm³/mol. The Balaban J connectivity index is 1.74. The van der Waals surface area contributed by atoms with Gasteiger partial charge >= 0.3 is 5.97 Å². The number of benzene rings is 1. The highest BCUT2D eigenvalue weighted by Gasteiger charge is 2.47. The lowest BCUT2D eigenvalue weighted by Crippen LogP contribution is -2.44. The molecular weight excluding hydrogens is 394 g/mol. The van der Waals surface area contributed by atoms with Crippen molar-refractivity contribution >= 4 is 11.8 Å². The van der Waals surface area contributed by atoms with E-state index in [0.717, 1.165) is 30.5 Å². The van der Waals surface area contributed by atoms with Crippen LogP contribution in [0.25, 0.3) is 0 Å². The second kappa shape index (κ2) is 8.50. The SMILES string of the molecule is C=C1NC2=C(C(=O)CC(C)(C)C2)C(c2ccccc2OC)C1C(=O)OCC1CCCO1. The zero-order chi connectivity index (χ0) is 22.2. The lowest BCUT2D eigenvalue weighted by atomic mass is 9.66. The van der Waals surface area contributed by atoms with E-state index in [2.05, 4.69) is 25.7 Å². The molecule has 1 N–H and O–H groups in total. The maximum absolute atomic E-state index is 13.3. The molecule has 0 bridgehead atoms. The Bertz CT molecular complexity index is 926. The minimum atomic E-state index is -0.721. The monoisotopic (exact) mass is 425 g/mol. The van der Waals surface area contributed by atoms with Gasteiger partial charge in [0.05, 0.1) is 13.2 Å². The molecule has 4 rings (SSSR count). The molecule has 1 saturated heterocycles. The third-order valence-electron chi connectivity index (χ3n) is 6.41. The number of esters is 1. The van der Waals surface area contributed by atoms with Gasteiger partial charge in [-0.3, -0.25) is 9.59 Å². The molecule has 1 aliphatic carbocycles. The van der Waals surface area contributed by atoms with Crippen LogP contribution in [0.2, 0.25) is 0 Å². The second-order valence-electron chi connectivity index (χ2n) is 9.45. The van der Waals surface area contributed by atoms with E-state index in [1.54, 1.807) is 7.11 Å². The highest BCUT2D eigenvalue weighted by molar-refractivity contribution is 6.01. The number of ketones is 1. The number of Topliss-reactive ketones (excluding diaryl/α,β-unsaturated/α-hetero) is 1. The summed E-state index contributed by atoms with van der Waals surface area (Å²) in [5, 5.41) is 3.29. The molecule has 3 atom stereocenters. The van der Waals surface area contributed by atoms with Crippen LogP contribution < -0.4 is 10.1 Å². The third-order valence-corrected chi connectivity index (χ3v) is 6.41. The van der Waals surface area contributed by atoms with Crippen LogP contribution in [0.15, 0.2) is 47.8 Å². The van der Waals surface area contributed by atoms with Crippen LogP contribution in [-0.4, -0.2) is 38.2 Å². The quantitative estimate of drug-likeness (QED) is 0.722. The molecule has 6 nitrogen and oxygen atoms in total. The van der Waals surface area contributed by atoms with Gasteiger partial charge in [-0.05, 0) is 30.7 Å². The first-order chi connectivity index (χ1) is 14.8. The molecular formula is C25H31NO5. The molecule has 3 unspecified atom stereocenters. The topological polar surface area (TPSA) is 73.9 Å².